The van der Waals surface area contributed by atoms with Gasteiger partial charge in [-0.3, -0.25) is 4.79 Å². The molecule has 1 heterocycles. The molecular weight excluding hydrogens is 210 g/mol. The quantitative estimate of drug-likeness (QED) is 0.579. The van der Waals surface area contributed by atoms with E-state index in [2.05, 4.69) is 10.3 Å². The highest BCUT2D eigenvalue weighted by Gasteiger charge is 2.20. The smallest absolute Gasteiger partial charge is 0.352 e. The summed E-state index contributed by atoms with van der Waals surface area (Å²) in [5.74, 6) is -1.37. The molecule has 0 spiro atoms. The van der Waals surface area contributed by atoms with Gasteiger partial charge in [-0.1, -0.05) is 0 Å². The fourth-order valence-corrected chi connectivity index (χ4v) is 1.58. The van der Waals surface area contributed by atoms with Crippen LogP contribution in [0.2, 0.25) is 0 Å². The lowest BCUT2D eigenvalue weighted by Crippen LogP contribution is -2.29. The van der Waals surface area contributed by atoms with Gasteiger partial charge in [0, 0.05) is 18.8 Å². The van der Waals surface area contributed by atoms with Gasteiger partial charge in [0.25, 0.3) is 5.91 Å². The summed E-state index contributed by atoms with van der Waals surface area (Å²) in [4.78, 5) is 25.2. The third kappa shape index (κ3) is 2.22. The molecular formula is C10H15N3O3. The van der Waals surface area contributed by atoms with Gasteiger partial charge in [0.05, 0.1) is 5.56 Å². The van der Waals surface area contributed by atoms with Crippen LogP contribution in [0.3, 0.4) is 0 Å². The largest absolute Gasteiger partial charge is 0.477 e. The van der Waals surface area contributed by atoms with Crippen LogP contribution in [0.5, 0.6) is 0 Å². The third-order valence-electron chi connectivity index (χ3n) is 2.31. The van der Waals surface area contributed by atoms with E-state index in [4.69, 9.17) is 10.8 Å². The van der Waals surface area contributed by atoms with Crippen molar-refractivity contribution < 1.29 is 14.7 Å². The molecule has 0 saturated carbocycles. The number of rotatable bonds is 4. The van der Waals surface area contributed by atoms with Gasteiger partial charge in [-0.15, -0.1) is 0 Å². The molecule has 0 saturated heterocycles. The van der Waals surface area contributed by atoms with Crippen LogP contribution in [0, 0.1) is 13.8 Å². The van der Waals surface area contributed by atoms with E-state index in [9.17, 15) is 9.59 Å². The Kier molecular flexibility index (Phi) is 3.68. The normalized spacial score (nSPS) is 10.2. The van der Waals surface area contributed by atoms with Crippen LogP contribution in [0.4, 0.5) is 0 Å². The lowest BCUT2D eigenvalue weighted by Gasteiger charge is -2.03. The fraction of sp³-hybridized carbons (Fsp3) is 0.400. The van der Waals surface area contributed by atoms with Crippen LogP contribution in [0.15, 0.2) is 0 Å². The van der Waals surface area contributed by atoms with Gasteiger partial charge < -0.3 is 21.1 Å². The van der Waals surface area contributed by atoms with Crippen molar-refractivity contribution in [1.82, 2.24) is 10.3 Å². The molecule has 1 aromatic rings. The molecule has 0 aliphatic rings. The summed E-state index contributed by atoms with van der Waals surface area (Å²) in [7, 11) is 0. The number of carboxylic acids is 1. The number of carbonyl (C=O) groups is 2. The molecule has 1 amide bonds. The summed E-state index contributed by atoms with van der Waals surface area (Å²) in [6.07, 6.45) is 0. The zero-order valence-corrected chi connectivity index (χ0v) is 9.26. The molecule has 6 nitrogen and oxygen atoms in total. The number of aromatic amines is 1. The first kappa shape index (κ1) is 12.3. The molecule has 0 aliphatic heterocycles. The molecule has 0 bridgehead atoms. The molecule has 0 atom stereocenters. The maximum atomic E-state index is 11.7. The Balaban J connectivity index is 3.04. The van der Waals surface area contributed by atoms with Gasteiger partial charge in [-0.2, -0.15) is 0 Å². The van der Waals surface area contributed by atoms with Crippen LogP contribution >= 0.6 is 0 Å². The minimum absolute atomic E-state index is 0.0513. The molecule has 0 aliphatic carbocycles. The second-order valence-corrected chi connectivity index (χ2v) is 3.47. The number of hydrogen-bond acceptors (Lipinski definition) is 3. The molecule has 6 heteroatoms. The highest BCUT2D eigenvalue weighted by atomic mass is 16.4. The maximum absolute atomic E-state index is 11.7. The third-order valence-corrected chi connectivity index (χ3v) is 2.31. The SMILES string of the molecule is Cc1[nH]c(C(=O)O)c(C)c1C(=O)NCCN. The number of hydrogen-bond donors (Lipinski definition) is 4. The molecule has 88 valence electrons. The first-order valence-electron chi connectivity index (χ1n) is 4.89. The van der Waals surface area contributed by atoms with E-state index in [1.54, 1.807) is 13.8 Å². The van der Waals surface area contributed by atoms with Gasteiger partial charge >= 0.3 is 5.97 Å². The second-order valence-electron chi connectivity index (χ2n) is 3.47. The summed E-state index contributed by atoms with van der Waals surface area (Å²) < 4.78 is 0. The standard InChI is InChI=1S/C10H15N3O3/c1-5-7(9(14)12-4-3-11)6(2)13-8(5)10(15)16/h13H,3-4,11H2,1-2H3,(H,12,14)(H,15,16). The average molecular weight is 225 g/mol. The minimum atomic E-state index is -1.07. The van der Waals surface area contributed by atoms with E-state index < -0.39 is 5.97 Å². The van der Waals surface area contributed by atoms with Gasteiger partial charge in [0.2, 0.25) is 0 Å². The Labute approximate surface area is 92.8 Å². The van der Waals surface area contributed by atoms with Crippen LogP contribution < -0.4 is 11.1 Å². The van der Waals surface area contributed by atoms with E-state index in [0.717, 1.165) is 0 Å². The van der Waals surface area contributed by atoms with Gasteiger partial charge in [-0.05, 0) is 19.4 Å². The summed E-state index contributed by atoms with van der Waals surface area (Å²) in [6.45, 7) is 3.98. The number of aryl methyl sites for hydroxylation is 1. The second kappa shape index (κ2) is 4.80. The van der Waals surface area contributed by atoms with Crippen LogP contribution in [0.25, 0.3) is 0 Å². The molecule has 0 aromatic carbocycles. The van der Waals surface area contributed by atoms with Crippen LogP contribution in [-0.2, 0) is 0 Å². The number of carboxylic acid groups (broad SMARTS) is 1. The molecule has 16 heavy (non-hydrogen) atoms. The Hall–Kier alpha value is -1.82. The van der Waals surface area contributed by atoms with Crippen molar-refractivity contribution in [2.45, 2.75) is 13.8 Å². The van der Waals surface area contributed by atoms with Crippen LogP contribution in [0.1, 0.15) is 32.1 Å². The Morgan fingerprint density at radius 1 is 1.44 bits per heavy atom. The zero-order chi connectivity index (χ0) is 12.3. The highest BCUT2D eigenvalue weighted by Crippen LogP contribution is 2.17. The van der Waals surface area contributed by atoms with Crippen molar-refractivity contribution in [3.63, 3.8) is 0 Å². The number of aromatic carboxylic acids is 1. The molecule has 1 rings (SSSR count). The molecule has 0 fully saturated rings. The minimum Gasteiger partial charge on any atom is -0.477 e. The molecule has 0 unspecified atom stereocenters. The van der Waals surface area contributed by atoms with Crippen molar-refractivity contribution in [3.8, 4) is 0 Å². The Morgan fingerprint density at radius 2 is 2.06 bits per heavy atom. The van der Waals surface area contributed by atoms with Crippen LogP contribution in [-0.4, -0.2) is 35.1 Å². The Bertz CT molecular complexity index is 423. The lowest BCUT2D eigenvalue weighted by atomic mass is 10.1. The predicted molar refractivity (Wildman–Crippen MR) is 58.6 cm³/mol. The van der Waals surface area contributed by atoms with Gasteiger partial charge in [0.1, 0.15) is 5.69 Å². The Morgan fingerprint density at radius 3 is 2.50 bits per heavy atom. The highest BCUT2D eigenvalue weighted by molar-refractivity contribution is 6.00. The average Bonchev–Trinajstić information content (AvgIpc) is 2.51. The molecule has 5 N–H and O–H groups in total. The van der Waals surface area contributed by atoms with E-state index in [0.29, 0.717) is 29.9 Å². The van der Waals surface area contributed by atoms with Crippen molar-refractivity contribution in [3.05, 3.63) is 22.5 Å². The van der Waals surface area contributed by atoms with E-state index in [1.807, 2.05) is 0 Å². The van der Waals surface area contributed by atoms with E-state index in [1.165, 1.54) is 0 Å². The van der Waals surface area contributed by atoms with Crippen molar-refractivity contribution in [2.75, 3.05) is 13.1 Å². The fourth-order valence-electron chi connectivity index (χ4n) is 1.58. The number of nitrogens with two attached hydrogens (primary N) is 1. The summed E-state index contributed by atoms with van der Waals surface area (Å²) in [5.41, 5.74) is 6.69. The number of carbonyl (C=O) groups excluding carboxylic acids is 1. The van der Waals surface area contributed by atoms with Crippen molar-refractivity contribution in [1.29, 1.82) is 0 Å². The number of aromatic nitrogens is 1. The number of amides is 1. The lowest BCUT2D eigenvalue weighted by molar-refractivity contribution is 0.0690. The first-order chi connectivity index (χ1) is 7.49. The van der Waals surface area contributed by atoms with E-state index in [-0.39, 0.29) is 11.6 Å². The summed E-state index contributed by atoms with van der Waals surface area (Å²) >= 11 is 0. The van der Waals surface area contributed by atoms with Crippen molar-refractivity contribution >= 4 is 11.9 Å². The monoisotopic (exact) mass is 225 g/mol. The van der Waals surface area contributed by atoms with E-state index >= 15 is 0 Å². The predicted octanol–water partition coefficient (Wildman–Crippen LogP) is 0.0182. The van der Waals surface area contributed by atoms with Crippen molar-refractivity contribution in [2.24, 2.45) is 5.73 Å². The molecule has 1 aromatic heterocycles. The summed E-state index contributed by atoms with van der Waals surface area (Å²) in [5, 5.41) is 11.5. The molecule has 0 radical (unpaired) electrons. The topological polar surface area (TPSA) is 108 Å². The number of nitrogens with one attached hydrogen (secondary N) is 2. The maximum Gasteiger partial charge on any atom is 0.352 e. The summed E-state index contributed by atoms with van der Waals surface area (Å²) in [6, 6.07) is 0. The zero-order valence-electron chi connectivity index (χ0n) is 9.26. The van der Waals surface area contributed by atoms with Gasteiger partial charge in [0.15, 0.2) is 0 Å². The first-order valence-corrected chi connectivity index (χ1v) is 4.89. The van der Waals surface area contributed by atoms with Gasteiger partial charge in [-0.25, -0.2) is 4.79 Å². The number of H-pyrrole nitrogens is 1.